The lowest BCUT2D eigenvalue weighted by Gasteiger charge is -2.20. The minimum atomic E-state index is -0.165. The van der Waals surface area contributed by atoms with Gasteiger partial charge < -0.3 is 10.1 Å². The molecule has 6 nitrogen and oxygen atoms in total. The summed E-state index contributed by atoms with van der Waals surface area (Å²) in [5.74, 6) is 1.13. The highest BCUT2D eigenvalue weighted by atomic mass is 35.5. The van der Waals surface area contributed by atoms with Crippen molar-refractivity contribution < 1.29 is 9.53 Å². The summed E-state index contributed by atoms with van der Waals surface area (Å²) < 4.78 is 5.78. The van der Waals surface area contributed by atoms with Gasteiger partial charge in [-0.2, -0.15) is 4.99 Å². The van der Waals surface area contributed by atoms with Crippen molar-refractivity contribution in [1.29, 1.82) is 0 Å². The summed E-state index contributed by atoms with van der Waals surface area (Å²) in [5.41, 5.74) is 1.52. The lowest BCUT2D eigenvalue weighted by atomic mass is 10.2. The van der Waals surface area contributed by atoms with Crippen LogP contribution in [0.2, 0.25) is 10.0 Å². The van der Waals surface area contributed by atoms with Crippen LogP contribution in [-0.2, 0) is 4.79 Å². The molecule has 1 aliphatic rings. The fourth-order valence-electron chi connectivity index (χ4n) is 2.36. The molecule has 2 aromatic carbocycles. The number of likely N-dealkylation sites (N-methyl/N-ethyl adjacent to an activating group) is 1. The second-order valence-electron chi connectivity index (χ2n) is 6.01. The van der Waals surface area contributed by atoms with Gasteiger partial charge >= 0.3 is 0 Å². The fraction of sp³-hybridized carbons (Fsp3) is 0.211. The van der Waals surface area contributed by atoms with Gasteiger partial charge in [0.2, 0.25) is 17.0 Å². The van der Waals surface area contributed by atoms with Gasteiger partial charge in [-0.15, -0.1) is 5.10 Å². The first-order valence-corrected chi connectivity index (χ1v) is 10.1. The first kappa shape index (κ1) is 20.5. The minimum absolute atomic E-state index is 0.163. The van der Waals surface area contributed by atoms with Crippen LogP contribution in [0, 0.1) is 6.92 Å². The number of hydrazone groups is 1. The van der Waals surface area contributed by atoms with Crippen LogP contribution in [0.15, 0.2) is 52.6 Å². The molecule has 0 aliphatic carbocycles. The van der Waals surface area contributed by atoms with E-state index in [0.29, 0.717) is 39.1 Å². The second kappa shape index (κ2) is 9.32. The van der Waals surface area contributed by atoms with Crippen LogP contribution in [0.5, 0.6) is 5.75 Å². The monoisotopic (exact) mass is 436 g/mol. The number of nitrogens with one attached hydrogen (secondary N) is 1. The zero-order valence-corrected chi connectivity index (χ0v) is 17.6. The van der Waals surface area contributed by atoms with Gasteiger partial charge in [0.25, 0.3) is 0 Å². The van der Waals surface area contributed by atoms with Crippen molar-refractivity contribution in [2.24, 2.45) is 10.1 Å². The van der Waals surface area contributed by atoms with Crippen LogP contribution >= 0.6 is 35.0 Å². The molecule has 0 spiro atoms. The van der Waals surface area contributed by atoms with E-state index in [1.54, 1.807) is 41.4 Å². The third kappa shape index (κ3) is 5.64. The Morgan fingerprint density at radius 3 is 2.75 bits per heavy atom. The highest BCUT2D eigenvalue weighted by Crippen LogP contribution is 2.23. The van der Waals surface area contributed by atoms with Crippen LogP contribution in [0.25, 0.3) is 0 Å². The van der Waals surface area contributed by atoms with Gasteiger partial charge in [0, 0.05) is 22.8 Å². The van der Waals surface area contributed by atoms with Gasteiger partial charge in [-0.1, -0.05) is 41.0 Å². The number of halogens is 2. The zero-order chi connectivity index (χ0) is 20.1. The highest BCUT2D eigenvalue weighted by Gasteiger charge is 2.16. The molecule has 2 aromatic rings. The number of hydrogen-bond donors (Lipinski definition) is 1. The SMILES string of the molecule is Cc1c(Cl)cccc1NC(=O)CSC1=NN(C)CC(Oc2ccc(Cl)cc2)=N1. The molecule has 28 heavy (non-hydrogen) atoms. The maximum Gasteiger partial charge on any atom is 0.234 e. The van der Waals surface area contributed by atoms with E-state index < -0.39 is 0 Å². The number of carbonyl (C=O) groups excluding carboxylic acids is 1. The van der Waals surface area contributed by atoms with Gasteiger partial charge in [0.15, 0.2) is 0 Å². The molecule has 0 atom stereocenters. The lowest BCUT2D eigenvalue weighted by molar-refractivity contribution is -0.113. The minimum Gasteiger partial charge on any atom is -0.441 e. The number of benzene rings is 2. The molecular weight excluding hydrogens is 419 g/mol. The van der Waals surface area contributed by atoms with Crippen LogP contribution in [0.4, 0.5) is 5.69 Å². The summed E-state index contributed by atoms with van der Waals surface area (Å²) in [7, 11) is 1.82. The van der Waals surface area contributed by atoms with E-state index in [-0.39, 0.29) is 11.7 Å². The van der Waals surface area contributed by atoms with E-state index in [2.05, 4.69) is 15.4 Å². The molecule has 0 saturated heterocycles. The Balaban J connectivity index is 1.59. The molecule has 0 unspecified atom stereocenters. The maximum absolute atomic E-state index is 12.3. The molecular formula is C19H18Cl2N4O2S. The van der Waals surface area contributed by atoms with E-state index in [1.165, 1.54) is 11.8 Å². The van der Waals surface area contributed by atoms with Gasteiger partial charge in [-0.05, 0) is 48.9 Å². The number of amidine groups is 1. The Morgan fingerprint density at radius 1 is 1.25 bits per heavy atom. The number of anilines is 1. The Bertz CT molecular complexity index is 932. The zero-order valence-electron chi connectivity index (χ0n) is 15.3. The predicted octanol–water partition coefficient (Wildman–Crippen LogP) is 4.67. The number of ether oxygens (including phenoxy) is 1. The van der Waals surface area contributed by atoms with Gasteiger partial charge in [0.1, 0.15) is 12.3 Å². The average molecular weight is 437 g/mol. The largest absolute Gasteiger partial charge is 0.441 e. The molecule has 0 saturated carbocycles. The van der Waals surface area contributed by atoms with Crippen molar-refractivity contribution >= 4 is 57.6 Å². The van der Waals surface area contributed by atoms with E-state index >= 15 is 0 Å². The summed E-state index contributed by atoms with van der Waals surface area (Å²) in [6.07, 6.45) is 0. The number of amides is 1. The summed E-state index contributed by atoms with van der Waals surface area (Å²) in [4.78, 5) is 16.7. The predicted molar refractivity (Wildman–Crippen MR) is 117 cm³/mol. The number of rotatable bonds is 4. The molecule has 3 rings (SSSR count). The van der Waals surface area contributed by atoms with Gasteiger partial charge in [-0.25, -0.2) is 0 Å². The molecule has 1 heterocycles. The topological polar surface area (TPSA) is 66.3 Å². The summed E-state index contributed by atoms with van der Waals surface area (Å²) in [5, 5.41) is 10.6. The molecule has 1 amide bonds. The summed E-state index contributed by atoms with van der Waals surface area (Å²) in [6, 6.07) is 12.4. The van der Waals surface area contributed by atoms with Crippen LogP contribution < -0.4 is 10.1 Å². The molecule has 1 N–H and O–H groups in total. The van der Waals surface area contributed by atoms with E-state index in [4.69, 9.17) is 27.9 Å². The molecule has 0 aromatic heterocycles. The van der Waals surface area contributed by atoms with Crippen molar-refractivity contribution in [1.82, 2.24) is 5.01 Å². The van der Waals surface area contributed by atoms with Gasteiger partial charge in [0.05, 0.1) is 5.75 Å². The number of aliphatic imine (C=N–C) groups is 1. The van der Waals surface area contributed by atoms with Crippen LogP contribution in [0.1, 0.15) is 5.56 Å². The van der Waals surface area contributed by atoms with E-state index in [0.717, 1.165) is 5.56 Å². The van der Waals surface area contributed by atoms with Crippen molar-refractivity contribution in [2.45, 2.75) is 6.92 Å². The third-order valence-electron chi connectivity index (χ3n) is 3.76. The van der Waals surface area contributed by atoms with E-state index in [9.17, 15) is 4.79 Å². The Hall–Kier alpha value is -2.22. The lowest BCUT2D eigenvalue weighted by Crippen LogP contribution is -2.31. The Morgan fingerprint density at radius 2 is 2.00 bits per heavy atom. The molecule has 0 bridgehead atoms. The molecule has 146 valence electrons. The fourth-order valence-corrected chi connectivity index (χ4v) is 3.35. The summed E-state index contributed by atoms with van der Waals surface area (Å²) in [6.45, 7) is 2.29. The quantitative estimate of drug-likeness (QED) is 0.755. The van der Waals surface area contributed by atoms with Crippen molar-refractivity contribution in [3.8, 4) is 5.75 Å². The Kier molecular flexibility index (Phi) is 6.83. The smallest absolute Gasteiger partial charge is 0.234 e. The number of thioether (sulfide) groups is 1. The van der Waals surface area contributed by atoms with Crippen molar-refractivity contribution in [3.05, 3.63) is 58.1 Å². The number of nitrogens with zero attached hydrogens (tertiary/aromatic N) is 3. The first-order valence-electron chi connectivity index (χ1n) is 8.39. The molecule has 1 aliphatic heterocycles. The summed E-state index contributed by atoms with van der Waals surface area (Å²) >= 11 is 13.2. The maximum atomic E-state index is 12.3. The molecule has 0 radical (unpaired) electrons. The van der Waals surface area contributed by atoms with Crippen LogP contribution in [-0.4, -0.2) is 41.3 Å². The molecule has 0 fully saturated rings. The van der Waals surface area contributed by atoms with Crippen molar-refractivity contribution in [3.63, 3.8) is 0 Å². The first-order chi connectivity index (χ1) is 13.4. The number of hydrogen-bond acceptors (Lipinski definition) is 6. The normalized spacial score (nSPS) is 13.6. The van der Waals surface area contributed by atoms with Crippen LogP contribution in [0.3, 0.4) is 0 Å². The van der Waals surface area contributed by atoms with E-state index in [1.807, 2.05) is 20.0 Å². The number of carbonyl (C=O) groups is 1. The second-order valence-corrected chi connectivity index (χ2v) is 7.80. The molecule has 9 heteroatoms. The third-order valence-corrected chi connectivity index (χ3v) is 5.26. The Labute approximate surface area is 177 Å². The average Bonchev–Trinajstić information content (AvgIpc) is 2.65. The highest BCUT2D eigenvalue weighted by molar-refractivity contribution is 8.14. The van der Waals surface area contributed by atoms with Crippen molar-refractivity contribution in [2.75, 3.05) is 24.7 Å². The van der Waals surface area contributed by atoms with Gasteiger partial charge in [-0.3, -0.25) is 9.80 Å². The standard InChI is InChI=1S/C19H18Cl2N4O2S/c1-12-15(21)4-3-5-16(12)22-17(26)11-28-19-23-18(10-25(2)24-19)27-14-8-6-13(20)7-9-14/h3-9H,10-11H2,1-2H3,(H,22,26).